The molecule has 2 fully saturated rings. The fourth-order valence-electron chi connectivity index (χ4n) is 5.44. The van der Waals surface area contributed by atoms with Gasteiger partial charge in [0.25, 0.3) is 0 Å². The van der Waals surface area contributed by atoms with Crippen molar-refractivity contribution in [1.29, 1.82) is 0 Å². The van der Waals surface area contributed by atoms with Crippen LogP contribution in [0.5, 0.6) is 0 Å². The number of benzene rings is 1. The van der Waals surface area contributed by atoms with Gasteiger partial charge < -0.3 is 9.47 Å². The third-order valence-electron chi connectivity index (χ3n) is 7.28. The van der Waals surface area contributed by atoms with Crippen molar-refractivity contribution in [3.05, 3.63) is 84.0 Å². The maximum atomic E-state index is 14.3. The second kappa shape index (κ2) is 9.64. The zero-order chi connectivity index (χ0) is 25.3. The van der Waals surface area contributed by atoms with Gasteiger partial charge >= 0.3 is 0 Å². The van der Waals surface area contributed by atoms with Gasteiger partial charge in [-0.05, 0) is 48.6 Å². The standard InChI is InChI=1S/C27H28FN5O3/c1-31-13-11-30-25(31)22-9-2-3-12-32(22)23(34)15-27(20-7-4-8-21(28)14-20)16-24(35)33(26(27)36)18-19-6-5-10-29-17-19/h4-8,10-11,13-14,17,22H,2-3,9,12,15-16,18H2,1H3/t22-,27-/m0/s1. The number of rotatable bonds is 6. The van der Waals surface area contributed by atoms with Crippen LogP contribution in [0.25, 0.3) is 0 Å². The maximum absolute atomic E-state index is 14.3. The molecular formula is C27H28FN5O3. The molecule has 0 unspecified atom stereocenters. The fraction of sp³-hybridized carbons (Fsp3) is 0.370. The summed E-state index contributed by atoms with van der Waals surface area (Å²) in [4.78, 5) is 52.4. The Morgan fingerprint density at radius 3 is 2.75 bits per heavy atom. The number of piperidine rings is 1. The molecule has 36 heavy (non-hydrogen) atoms. The molecule has 0 radical (unpaired) electrons. The summed E-state index contributed by atoms with van der Waals surface area (Å²) >= 11 is 0. The predicted molar refractivity (Wildman–Crippen MR) is 129 cm³/mol. The number of carbonyl (C=O) groups excluding carboxylic acids is 3. The first kappa shape index (κ1) is 23.8. The highest BCUT2D eigenvalue weighted by molar-refractivity contribution is 6.10. The maximum Gasteiger partial charge on any atom is 0.241 e. The van der Waals surface area contributed by atoms with E-state index in [1.54, 1.807) is 41.7 Å². The van der Waals surface area contributed by atoms with Crippen molar-refractivity contribution >= 4 is 17.7 Å². The number of carbonyl (C=O) groups is 3. The molecule has 2 atom stereocenters. The minimum Gasteiger partial charge on any atom is -0.336 e. The molecule has 8 nitrogen and oxygen atoms in total. The van der Waals surface area contributed by atoms with Gasteiger partial charge in [0.05, 0.1) is 18.0 Å². The van der Waals surface area contributed by atoms with Crippen LogP contribution in [0.15, 0.2) is 61.2 Å². The van der Waals surface area contributed by atoms with E-state index in [4.69, 9.17) is 0 Å². The third kappa shape index (κ3) is 4.29. The molecule has 3 aromatic rings. The van der Waals surface area contributed by atoms with E-state index in [0.29, 0.717) is 17.7 Å². The van der Waals surface area contributed by atoms with Crippen molar-refractivity contribution in [2.45, 2.75) is 50.1 Å². The van der Waals surface area contributed by atoms with E-state index in [1.807, 2.05) is 17.8 Å². The van der Waals surface area contributed by atoms with E-state index >= 15 is 0 Å². The van der Waals surface area contributed by atoms with Gasteiger partial charge in [-0.2, -0.15) is 0 Å². The summed E-state index contributed by atoms with van der Waals surface area (Å²) in [5.41, 5.74) is -0.429. The van der Waals surface area contributed by atoms with Crippen LogP contribution >= 0.6 is 0 Å². The topological polar surface area (TPSA) is 88.4 Å². The summed E-state index contributed by atoms with van der Waals surface area (Å²) in [6.07, 6.45) is 8.93. The summed E-state index contributed by atoms with van der Waals surface area (Å²) in [6.45, 7) is 0.591. The van der Waals surface area contributed by atoms with E-state index in [9.17, 15) is 18.8 Å². The number of hydrogen-bond acceptors (Lipinski definition) is 5. The van der Waals surface area contributed by atoms with Crippen LogP contribution in [0.4, 0.5) is 4.39 Å². The van der Waals surface area contributed by atoms with Gasteiger partial charge in [-0.15, -0.1) is 0 Å². The lowest BCUT2D eigenvalue weighted by Gasteiger charge is -2.37. The Labute approximate surface area is 208 Å². The summed E-state index contributed by atoms with van der Waals surface area (Å²) < 4.78 is 16.2. The third-order valence-corrected chi connectivity index (χ3v) is 7.28. The highest BCUT2D eigenvalue weighted by Gasteiger charge is 2.54. The smallest absolute Gasteiger partial charge is 0.241 e. The highest BCUT2D eigenvalue weighted by Crippen LogP contribution is 2.42. The van der Waals surface area contributed by atoms with Crippen molar-refractivity contribution in [1.82, 2.24) is 24.3 Å². The largest absolute Gasteiger partial charge is 0.336 e. The number of halogens is 1. The molecule has 3 amide bonds. The van der Waals surface area contributed by atoms with E-state index in [1.165, 1.54) is 23.1 Å². The van der Waals surface area contributed by atoms with Crippen molar-refractivity contribution < 1.29 is 18.8 Å². The summed E-state index contributed by atoms with van der Waals surface area (Å²) in [5.74, 6) is -0.846. The Hall–Kier alpha value is -3.88. The Balaban J connectivity index is 1.49. The molecule has 0 N–H and O–H groups in total. The molecule has 2 aliphatic rings. The summed E-state index contributed by atoms with van der Waals surface area (Å²) in [5, 5.41) is 0. The first-order valence-electron chi connectivity index (χ1n) is 12.2. The number of imide groups is 1. The number of hydrogen-bond donors (Lipinski definition) is 0. The van der Waals surface area contributed by atoms with Crippen molar-refractivity contribution in [2.75, 3.05) is 6.54 Å². The van der Waals surface area contributed by atoms with Gasteiger partial charge in [0.1, 0.15) is 11.6 Å². The second-order valence-corrected chi connectivity index (χ2v) is 9.59. The second-order valence-electron chi connectivity index (χ2n) is 9.59. The molecule has 2 aliphatic heterocycles. The molecule has 0 spiro atoms. The zero-order valence-electron chi connectivity index (χ0n) is 20.1. The number of aromatic nitrogens is 3. The van der Waals surface area contributed by atoms with Crippen LogP contribution in [-0.2, 0) is 33.4 Å². The van der Waals surface area contributed by atoms with Crippen molar-refractivity contribution in [2.24, 2.45) is 7.05 Å². The normalized spacial score (nSPS) is 22.3. The minimum atomic E-state index is -1.47. The lowest BCUT2D eigenvalue weighted by atomic mass is 9.75. The molecule has 4 heterocycles. The molecule has 5 rings (SSSR count). The number of nitrogens with zero attached hydrogens (tertiary/aromatic N) is 5. The van der Waals surface area contributed by atoms with Crippen LogP contribution in [0.2, 0.25) is 0 Å². The SMILES string of the molecule is Cn1ccnc1[C@@H]1CCCCN1C(=O)C[C@@]1(c2cccc(F)c2)CC(=O)N(Cc2cccnc2)C1=O. The van der Waals surface area contributed by atoms with E-state index in [0.717, 1.165) is 25.1 Å². The predicted octanol–water partition coefficient (Wildman–Crippen LogP) is 3.30. The van der Waals surface area contributed by atoms with Crippen LogP contribution in [0, 0.1) is 5.82 Å². The quantitative estimate of drug-likeness (QED) is 0.496. The minimum absolute atomic E-state index is 0.0520. The van der Waals surface area contributed by atoms with Gasteiger partial charge in [-0.1, -0.05) is 18.2 Å². The molecule has 0 saturated carbocycles. The molecule has 1 aromatic carbocycles. The molecule has 186 valence electrons. The number of likely N-dealkylation sites (tertiary alicyclic amines) is 2. The Bertz CT molecular complexity index is 1290. The first-order chi connectivity index (χ1) is 17.4. The number of pyridine rings is 1. The van der Waals surface area contributed by atoms with E-state index in [2.05, 4.69) is 9.97 Å². The average Bonchev–Trinajstić information content (AvgIpc) is 3.41. The Kier molecular flexibility index (Phi) is 6.38. The molecule has 0 bridgehead atoms. The molecule has 2 saturated heterocycles. The Morgan fingerprint density at radius 2 is 2.03 bits per heavy atom. The number of aryl methyl sites for hydroxylation is 1. The van der Waals surface area contributed by atoms with Gasteiger partial charge in [0.15, 0.2) is 0 Å². The van der Waals surface area contributed by atoms with Crippen LogP contribution in [-0.4, -0.2) is 48.6 Å². The lowest BCUT2D eigenvalue weighted by Crippen LogP contribution is -2.46. The highest BCUT2D eigenvalue weighted by atomic mass is 19.1. The zero-order valence-corrected chi connectivity index (χ0v) is 20.1. The van der Waals surface area contributed by atoms with Crippen LogP contribution in [0.1, 0.15) is 55.1 Å². The van der Waals surface area contributed by atoms with E-state index in [-0.39, 0.29) is 37.2 Å². The lowest BCUT2D eigenvalue weighted by molar-refractivity contribution is -0.144. The van der Waals surface area contributed by atoms with Crippen LogP contribution in [0.3, 0.4) is 0 Å². The molecule has 9 heteroatoms. The number of amides is 3. The van der Waals surface area contributed by atoms with Gasteiger partial charge in [-0.25, -0.2) is 9.37 Å². The van der Waals surface area contributed by atoms with Crippen molar-refractivity contribution in [3.63, 3.8) is 0 Å². The van der Waals surface area contributed by atoms with Gasteiger partial charge in [0.2, 0.25) is 17.7 Å². The Morgan fingerprint density at radius 1 is 1.17 bits per heavy atom. The summed E-state index contributed by atoms with van der Waals surface area (Å²) in [7, 11) is 1.89. The van der Waals surface area contributed by atoms with Gasteiger partial charge in [-0.3, -0.25) is 24.3 Å². The first-order valence-corrected chi connectivity index (χ1v) is 12.2. The number of imidazole rings is 1. The van der Waals surface area contributed by atoms with Crippen LogP contribution < -0.4 is 0 Å². The molecule has 0 aliphatic carbocycles. The van der Waals surface area contributed by atoms with E-state index < -0.39 is 17.1 Å². The average molecular weight is 490 g/mol. The fourth-order valence-corrected chi connectivity index (χ4v) is 5.44. The van der Waals surface area contributed by atoms with Gasteiger partial charge in [0, 0.05) is 51.2 Å². The molecule has 2 aromatic heterocycles. The summed E-state index contributed by atoms with van der Waals surface area (Å²) in [6, 6.07) is 8.99. The molecular weight excluding hydrogens is 461 g/mol. The monoisotopic (exact) mass is 489 g/mol. The van der Waals surface area contributed by atoms with Crippen molar-refractivity contribution in [3.8, 4) is 0 Å².